The van der Waals surface area contributed by atoms with Crippen molar-refractivity contribution in [2.45, 2.75) is 18.6 Å². The number of rotatable bonds is 3. The average Bonchev–Trinajstić information content (AvgIpc) is 2.13. The molecule has 0 aromatic carbocycles. The van der Waals surface area contributed by atoms with Crippen LogP contribution >= 0.6 is 0 Å². The van der Waals surface area contributed by atoms with Crippen LogP contribution < -0.4 is 0 Å². The van der Waals surface area contributed by atoms with Crippen LogP contribution in [0.3, 0.4) is 0 Å². The molecule has 0 amide bonds. The molecular formula is C7H14BFN2O2. The Hall–Kier alpha value is -0.485. The van der Waals surface area contributed by atoms with E-state index in [0.717, 1.165) is 7.21 Å². The normalized spacial score (nSPS) is 34.4. The van der Waals surface area contributed by atoms with Crippen molar-refractivity contribution in [3.05, 3.63) is 0 Å². The molecule has 0 radical (unpaired) electrons. The summed E-state index contributed by atoms with van der Waals surface area (Å²) in [6.45, 7) is 0.208. The van der Waals surface area contributed by atoms with Gasteiger partial charge in [-0.3, -0.25) is 0 Å². The van der Waals surface area contributed by atoms with Gasteiger partial charge in [0.1, 0.15) is 0 Å². The molecule has 1 rings (SSSR count). The predicted octanol–water partition coefficient (Wildman–Crippen LogP) is -0.619. The molecule has 3 atom stereocenters. The standard InChI is InChI=1S/C7H14BFN2O2/c9-2-1-5-3-11(8-10)4-6(12)7(5)13/h5-7,10,12-13H,1-4H2/t5-,6+,7+/m0/s1. The monoisotopic (exact) mass is 188 g/mol. The Kier molecular flexibility index (Phi) is 3.80. The Morgan fingerprint density at radius 1 is 1.46 bits per heavy atom. The summed E-state index contributed by atoms with van der Waals surface area (Å²) in [5.74, 6) is -0.268. The fraction of sp³-hybridized carbons (Fsp3) is 1.00. The molecule has 0 aromatic heterocycles. The fourth-order valence-electron chi connectivity index (χ4n) is 1.65. The van der Waals surface area contributed by atoms with Crippen LogP contribution in [0.5, 0.6) is 0 Å². The third kappa shape index (κ3) is 2.48. The summed E-state index contributed by atoms with van der Waals surface area (Å²) in [4.78, 5) is 1.58. The zero-order valence-electron chi connectivity index (χ0n) is 7.36. The van der Waals surface area contributed by atoms with Crippen LogP contribution in [0.15, 0.2) is 0 Å². The molecule has 1 fully saturated rings. The Morgan fingerprint density at radius 3 is 2.69 bits per heavy atom. The van der Waals surface area contributed by atoms with Gasteiger partial charge in [-0.1, -0.05) is 0 Å². The minimum atomic E-state index is -0.869. The third-order valence-electron chi connectivity index (χ3n) is 2.43. The van der Waals surface area contributed by atoms with Gasteiger partial charge in [0.25, 0.3) is 0 Å². The predicted molar refractivity (Wildman–Crippen MR) is 46.1 cm³/mol. The summed E-state index contributed by atoms with van der Waals surface area (Å²) >= 11 is 0. The molecule has 0 aromatic rings. The third-order valence-corrected chi connectivity index (χ3v) is 2.43. The van der Waals surface area contributed by atoms with E-state index in [1.807, 2.05) is 0 Å². The van der Waals surface area contributed by atoms with Crippen molar-refractivity contribution in [3.63, 3.8) is 0 Å². The van der Waals surface area contributed by atoms with Crippen molar-refractivity contribution >= 4 is 7.21 Å². The number of aliphatic hydroxyl groups is 2. The molecule has 74 valence electrons. The molecule has 0 aliphatic carbocycles. The van der Waals surface area contributed by atoms with Gasteiger partial charge in [0.15, 0.2) is 0 Å². The van der Waals surface area contributed by atoms with Gasteiger partial charge in [0, 0.05) is 0 Å². The van der Waals surface area contributed by atoms with Gasteiger partial charge in [-0.2, -0.15) is 0 Å². The molecule has 4 nitrogen and oxygen atoms in total. The van der Waals surface area contributed by atoms with Gasteiger partial charge in [-0.05, 0) is 0 Å². The van der Waals surface area contributed by atoms with E-state index in [-0.39, 0.29) is 18.9 Å². The number of halogens is 1. The Labute approximate surface area is 77.1 Å². The number of hydrogen-bond donors (Lipinski definition) is 3. The number of β-amino-alcohol motifs (C(OH)–C–C–N with tert-alkyl or cyclic N) is 1. The van der Waals surface area contributed by atoms with Crippen LogP contribution in [0.4, 0.5) is 4.39 Å². The summed E-state index contributed by atoms with van der Waals surface area (Å²) in [6, 6.07) is 0. The second-order valence-corrected chi connectivity index (χ2v) is 3.38. The first-order valence-corrected chi connectivity index (χ1v) is 4.35. The summed E-state index contributed by atoms with van der Waals surface area (Å²) in [6.07, 6.45) is -1.48. The van der Waals surface area contributed by atoms with Crippen LogP contribution in [0.2, 0.25) is 0 Å². The summed E-state index contributed by atoms with van der Waals surface area (Å²) in [7, 11) is 1.11. The first-order chi connectivity index (χ1) is 6.19. The first kappa shape index (κ1) is 10.6. The average molecular weight is 188 g/mol. The molecule has 0 unspecified atom stereocenters. The van der Waals surface area contributed by atoms with Crippen LogP contribution in [-0.4, -0.2) is 54.2 Å². The number of aliphatic hydroxyl groups excluding tert-OH is 2. The molecule has 1 aliphatic rings. The summed E-state index contributed by atoms with van der Waals surface area (Å²) < 4.78 is 12.0. The van der Waals surface area contributed by atoms with Crippen molar-refractivity contribution in [1.29, 1.82) is 5.31 Å². The van der Waals surface area contributed by atoms with E-state index in [1.54, 1.807) is 4.81 Å². The molecule has 13 heavy (non-hydrogen) atoms. The van der Waals surface area contributed by atoms with Crippen LogP contribution in [-0.2, 0) is 0 Å². The Balaban J connectivity index is 2.54. The van der Waals surface area contributed by atoms with E-state index in [2.05, 4.69) is 0 Å². The second-order valence-electron chi connectivity index (χ2n) is 3.38. The quantitative estimate of drug-likeness (QED) is 0.517. The van der Waals surface area contributed by atoms with E-state index in [9.17, 15) is 14.6 Å². The molecule has 0 spiro atoms. The maximum atomic E-state index is 12.0. The topological polar surface area (TPSA) is 67.6 Å². The van der Waals surface area contributed by atoms with Gasteiger partial charge in [0.05, 0.1) is 0 Å². The summed E-state index contributed by atoms with van der Waals surface area (Å²) in [5, 5.41) is 25.8. The SMILES string of the molecule is N=BN1C[C@H](CCF)[C@@H](O)[C@H](O)C1. The number of hydrogen-bond acceptors (Lipinski definition) is 3. The zero-order chi connectivity index (χ0) is 9.84. The molecule has 0 bridgehead atoms. The van der Waals surface area contributed by atoms with Gasteiger partial charge < -0.3 is 0 Å². The fourth-order valence-corrected chi connectivity index (χ4v) is 1.65. The maximum absolute atomic E-state index is 12.0. The van der Waals surface area contributed by atoms with Crippen LogP contribution in [0.25, 0.3) is 0 Å². The van der Waals surface area contributed by atoms with Crippen molar-refractivity contribution in [2.75, 3.05) is 19.8 Å². The van der Waals surface area contributed by atoms with E-state index >= 15 is 0 Å². The van der Waals surface area contributed by atoms with Gasteiger partial charge >= 0.3 is 76.2 Å². The van der Waals surface area contributed by atoms with E-state index in [4.69, 9.17) is 5.31 Å². The van der Waals surface area contributed by atoms with Crippen molar-refractivity contribution in [2.24, 2.45) is 5.92 Å². The van der Waals surface area contributed by atoms with E-state index < -0.39 is 18.9 Å². The van der Waals surface area contributed by atoms with Crippen LogP contribution in [0, 0.1) is 11.2 Å². The van der Waals surface area contributed by atoms with Gasteiger partial charge in [-0.15, -0.1) is 0 Å². The van der Waals surface area contributed by atoms with Crippen molar-refractivity contribution in [1.82, 2.24) is 4.81 Å². The molecule has 1 saturated heterocycles. The number of alkyl halides is 1. The summed E-state index contributed by atoms with van der Waals surface area (Å²) in [5.41, 5.74) is 0. The van der Waals surface area contributed by atoms with Crippen molar-refractivity contribution in [3.8, 4) is 0 Å². The minimum absolute atomic E-state index is 0.239. The Morgan fingerprint density at radius 2 is 2.15 bits per heavy atom. The molecule has 6 heteroatoms. The second kappa shape index (κ2) is 4.67. The zero-order valence-corrected chi connectivity index (χ0v) is 7.36. The molecule has 1 aliphatic heterocycles. The number of piperidine rings is 1. The molecule has 1 heterocycles. The first-order valence-electron chi connectivity index (χ1n) is 4.35. The van der Waals surface area contributed by atoms with Crippen LogP contribution in [0.1, 0.15) is 6.42 Å². The van der Waals surface area contributed by atoms with Gasteiger partial charge in [-0.25, -0.2) is 0 Å². The number of nitrogens with zero attached hydrogens (tertiary/aromatic N) is 1. The number of nitrogens with one attached hydrogen (secondary N) is 1. The Bertz CT molecular complexity index is 184. The van der Waals surface area contributed by atoms with E-state index in [0.29, 0.717) is 6.54 Å². The van der Waals surface area contributed by atoms with Crippen molar-refractivity contribution < 1.29 is 14.6 Å². The molecule has 3 N–H and O–H groups in total. The molecule has 0 saturated carbocycles. The molecular weight excluding hydrogens is 174 g/mol. The van der Waals surface area contributed by atoms with E-state index in [1.165, 1.54) is 0 Å². The van der Waals surface area contributed by atoms with Gasteiger partial charge in [0.2, 0.25) is 0 Å².